The predicted molar refractivity (Wildman–Crippen MR) is 222 cm³/mol. The molecule has 0 saturated carbocycles. The summed E-state index contributed by atoms with van der Waals surface area (Å²) in [5.74, 6) is -1.39. The number of amides is 3. The molecule has 0 aliphatic heterocycles. The van der Waals surface area contributed by atoms with Crippen LogP contribution in [0.2, 0.25) is 0 Å². The lowest BCUT2D eigenvalue weighted by atomic mass is 9.98. The molecule has 3 N–H and O–H groups in total. The van der Waals surface area contributed by atoms with Gasteiger partial charge in [0.25, 0.3) is 11.8 Å². The second-order valence-electron chi connectivity index (χ2n) is 15.1. The summed E-state index contributed by atoms with van der Waals surface area (Å²) in [6, 6.07) is 14.6. The van der Waals surface area contributed by atoms with Crippen molar-refractivity contribution < 1.29 is 33.1 Å². The highest BCUT2D eigenvalue weighted by molar-refractivity contribution is 7.10. The fourth-order valence-electron chi connectivity index (χ4n) is 6.76. The zero-order chi connectivity index (χ0) is 41.7. The molecular weight excluding hydrogens is 777 g/mol. The summed E-state index contributed by atoms with van der Waals surface area (Å²) in [5, 5.41) is 13.3. The van der Waals surface area contributed by atoms with Gasteiger partial charge in [0.2, 0.25) is 5.89 Å². The number of nitrogens with one attached hydrogen (secondary N) is 3. The minimum atomic E-state index is -0.673. The summed E-state index contributed by atoms with van der Waals surface area (Å²) in [6.07, 6.45) is 0.857. The molecule has 6 rings (SSSR count). The van der Waals surface area contributed by atoms with Gasteiger partial charge in [0.1, 0.15) is 40.7 Å². The molecule has 3 heterocycles. The highest BCUT2D eigenvalue weighted by Crippen LogP contribution is 2.44. The van der Waals surface area contributed by atoms with E-state index in [4.69, 9.17) is 13.9 Å². The number of nitrogens with zero attached hydrogens (tertiary/aromatic N) is 3. The fourth-order valence-corrected chi connectivity index (χ4v) is 8.79. The number of hydrogen-bond acceptors (Lipinski definition) is 12. The fraction of sp³-hybridized carbons (Fsp3) is 0.372. The lowest BCUT2D eigenvalue weighted by Gasteiger charge is -2.21. The first-order valence-corrected chi connectivity index (χ1v) is 20.9. The third kappa shape index (κ3) is 9.21. The zero-order valence-corrected chi connectivity index (χ0v) is 35.2. The molecule has 0 bridgehead atoms. The molecule has 3 atom stereocenters. The number of ether oxygens (including phenoxy) is 2. The number of esters is 1. The number of aromatic nitrogens is 3. The Hall–Kier alpha value is -5.67. The molecule has 0 unspecified atom stereocenters. The lowest BCUT2D eigenvalue weighted by molar-refractivity contribution is 0.0543. The van der Waals surface area contributed by atoms with Crippen molar-refractivity contribution in [2.45, 2.75) is 72.5 Å². The Morgan fingerprint density at radius 2 is 1.28 bits per heavy atom. The number of rotatable bonds is 16. The minimum absolute atomic E-state index is 0.0482. The van der Waals surface area contributed by atoms with Crippen molar-refractivity contribution in [2.75, 3.05) is 13.2 Å². The van der Waals surface area contributed by atoms with E-state index in [2.05, 4.69) is 61.7 Å². The zero-order valence-electron chi connectivity index (χ0n) is 33.5. The summed E-state index contributed by atoms with van der Waals surface area (Å²) >= 11 is 2.51. The lowest BCUT2D eigenvalue weighted by Crippen LogP contribution is -2.34. The largest absolute Gasteiger partial charge is 0.457 e. The molecule has 3 amide bonds. The van der Waals surface area contributed by atoms with Gasteiger partial charge in [-0.15, -0.1) is 22.7 Å². The van der Waals surface area contributed by atoms with Crippen molar-refractivity contribution in [1.82, 2.24) is 30.9 Å². The van der Waals surface area contributed by atoms with Gasteiger partial charge in [-0.3, -0.25) is 9.59 Å². The first kappa shape index (κ1) is 41.9. The topological polar surface area (TPSA) is 175 Å². The molecule has 1 aliphatic rings. The van der Waals surface area contributed by atoms with E-state index < -0.39 is 42.0 Å². The number of oxazole rings is 1. The van der Waals surface area contributed by atoms with E-state index in [0.717, 1.165) is 22.3 Å². The molecule has 304 valence electrons. The van der Waals surface area contributed by atoms with Gasteiger partial charge in [-0.2, -0.15) is 0 Å². The monoisotopic (exact) mass is 824 g/mol. The standard InChI is InChI=1S/C43H48N6O7S2/c1-9-18-54-42(52)32-21-58-41(45-32)34(23(4)5)46-37(50)31-20-57-40(44-31)35(24(6)7)47-38(51)36-25(8)56-39(48-36)33(22(2)3)49-43(53)55-19-30-28-16-12-10-14-26(28)27-15-11-13-17-29(27)30/h9-17,20-24,30,33-35H,1,18-19H2,2-8H3,(H,46,50)(H,47,51)(H,49,53)/t33-,34-,35-/m0/s1. The van der Waals surface area contributed by atoms with Crippen LogP contribution in [0.25, 0.3) is 11.1 Å². The normalized spacial score (nSPS) is 13.8. The van der Waals surface area contributed by atoms with Crippen molar-refractivity contribution in [3.05, 3.63) is 122 Å². The van der Waals surface area contributed by atoms with Crippen LogP contribution >= 0.6 is 22.7 Å². The highest BCUT2D eigenvalue weighted by Gasteiger charge is 2.33. The molecule has 3 aromatic heterocycles. The number of fused-ring (bicyclic) bond motifs is 3. The smallest absolute Gasteiger partial charge is 0.407 e. The Kier molecular flexibility index (Phi) is 13.2. The van der Waals surface area contributed by atoms with Gasteiger partial charge in [-0.05, 0) is 46.9 Å². The molecular formula is C43H48N6O7S2. The van der Waals surface area contributed by atoms with Gasteiger partial charge < -0.3 is 29.8 Å². The Morgan fingerprint density at radius 3 is 1.84 bits per heavy atom. The van der Waals surface area contributed by atoms with Crippen molar-refractivity contribution in [3.63, 3.8) is 0 Å². The average molecular weight is 825 g/mol. The van der Waals surface area contributed by atoms with Gasteiger partial charge in [-0.1, -0.05) is 103 Å². The summed E-state index contributed by atoms with van der Waals surface area (Å²) < 4.78 is 16.9. The Balaban J connectivity index is 1.10. The minimum Gasteiger partial charge on any atom is -0.457 e. The van der Waals surface area contributed by atoms with Crippen LogP contribution in [0.4, 0.5) is 4.79 Å². The summed E-state index contributed by atoms with van der Waals surface area (Å²) in [7, 11) is 0. The number of benzene rings is 2. The van der Waals surface area contributed by atoms with E-state index in [1.807, 2.05) is 65.8 Å². The third-order valence-corrected chi connectivity index (χ3v) is 11.7. The molecule has 2 aromatic carbocycles. The quantitative estimate of drug-likeness (QED) is 0.0645. The van der Waals surface area contributed by atoms with Crippen LogP contribution in [0.1, 0.15) is 130 Å². The second kappa shape index (κ2) is 18.3. The summed E-state index contributed by atoms with van der Waals surface area (Å²) in [4.78, 5) is 66.4. The third-order valence-electron chi connectivity index (χ3n) is 9.83. The summed E-state index contributed by atoms with van der Waals surface area (Å²) in [6.45, 7) is 17.0. The number of carbonyl (C=O) groups is 4. The molecule has 0 spiro atoms. The van der Waals surface area contributed by atoms with Crippen molar-refractivity contribution in [3.8, 4) is 11.1 Å². The maximum atomic E-state index is 13.8. The first-order chi connectivity index (χ1) is 27.8. The van der Waals surface area contributed by atoms with Crippen molar-refractivity contribution in [2.24, 2.45) is 17.8 Å². The summed E-state index contributed by atoms with van der Waals surface area (Å²) in [5.41, 5.74) is 4.92. The Morgan fingerprint density at radius 1 is 0.741 bits per heavy atom. The Labute approximate surface area is 345 Å². The van der Waals surface area contributed by atoms with E-state index in [1.54, 1.807) is 17.7 Å². The van der Waals surface area contributed by atoms with E-state index in [-0.39, 0.29) is 65.6 Å². The van der Waals surface area contributed by atoms with E-state index in [1.165, 1.54) is 28.7 Å². The van der Waals surface area contributed by atoms with Gasteiger partial charge in [0, 0.05) is 16.7 Å². The van der Waals surface area contributed by atoms with Crippen LogP contribution in [0, 0.1) is 24.7 Å². The first-order valence-electron chi connectivity index (χ1n) is 19.2. The maximum absolute atomic E-state index is 13.8. The van der Waals surface area contributed by atoms with Crippen LogP contribution < -0.4 is 16.0 Å². The van der Waals surface area contributed by atoms with Crippen LogP contribution in [0.3, 0.4) is 0 Å². The molecule has 58 heavy (non-hydrogen) atoms. The molecule has 1 aliphatic carbocycles. The Bertz CT molecular complexity index is 2250. The van der Waals surface area contributed by atoms with Gasteiger partial charge in [-0.25, -0.2) is 24.5 Å². The number of carbonyl (C=O) groups excluding carboxylic acids is 4. The van der Waals surface area contributed by atoms with Crippen molar-refractivity contribution in [1.29, 1.82) is 0 Å². The highest BCUT2D eigenvalue weighted by atomic mass is 32.1. The molecule has 0 radical (unpaired) electrons. The van der Waals surface area contributed by atoms with Crippen LogP contribution in [-0.4, -0.2) is 52.0 Å². The van der Waals surface area contributed by atoms with E-state index >= 15 is 0 Å². The van der Waals surface area contributed by atoms with E-state index in [0.29, 0.717) is 10.0 Å². The van der Waals surface area contributed by atoms with Gasteiger partial charge >= 0.3 is 12.1 Å². The maximum Gasteiger partial charge on any atom is 0.407 e. The number of hydrogen-bond donors (Lipinski definition) is 3. The SMILES string of the molecule is C=CCOC(=O)c1csc([C@@H](NC(=O)c2csc([C@@H](NC(=O)c3nc([C@@H](NC(=O)OCC4c5ccccc5-c5ccccc54)C(C)C)oc3C)C(C)C)n2)C(C)C)n1. The van der Waals surface area contributed by atoms with Gasteiger partial charge in [0.05, 0.1) is 12.1 Å². The number of aryl methyl sites for hydroxylation is 1. The molecule has 0 fully saturated rings. The van der Waals surface area contributed by atoms with Crippen molar-refractivity contribution >= 4 is 46.6 Å². The van der Waals surface area contributed by atoms with Crippen LogP contribution in [-0.2, 0) is 9.47 Å². The average Bonchev–Trinajstić information content (AvgIpc) is 4.02. The second-order valence-corrected chi connectivity index (χ2v) is 16.8. The van der Waals surface area contributed by atoms with Crippen LogP contribution in [0.5, 0.6) is 0 Å². The number of thiazole rings is 2. The number of alkyl carbamates (subject to hydrolysis) is 1. The van der Waals surface area contributed by atoms with Gasteiger partial charge in [0.15, 0.2) is 11.4 Å². The van der Waals surface area contributed by atoms with E-state index in [9.17, 15) is 19.2 Å². The van der Waals surface area contributed by atoms with Crippen LogP contribution in [0.15, 0.2) is 76.4 Å². The predicted octanol–water partition coefficient (Wildman–Crippen LogP) is 8.73. The molecule has 15 heteroatoms. The molecule has 0 saturated heterocycles. The molecule has 5 aromatic rings. The molecule has 13 nitrogen and oxygen atoms in total.